The van der Waals surface area contributed by atoms with Gasteiger partial charge in [-0.2, -0.15) is 8.42 Å². The third-order valence-electron chi connectivity index (χ3n) is 18.2. The Balaban J connectivity index is 0.000000176. The van der Waals surface area contributed by atoms with Crippen LogP contribution in [0.25, 0.3) is 177 Å². The largest absolute Gasteiger partial charge is 0.755 e. The molecule has 42 heteroatoms. The maximum Gasteiger partial charge on any atom is 0.425 e. The number of aromatic nitrogens is 8. The zero-order valence-electron chi connectivity index (χ0n) is 67.5. The molecule has 648 valence electrons. The third-order valence-corrected chi connectivity index (χ3v) is 19.5. The summed E-state index contributed by atoms with van der Waals surface area (Å²) in [6.07, 6.45) is 1.16. The molecule has 4 aliphatic rings. The molecule has 0 saturated carbocycles. The van der Waals surface area contributed by atoms with Crippen molar-refractivity contribution in [3.63, 3.8) is 0 Å². The van der Waals surface area contributed by atoms with Gasteiger partial charge in [-0.3, -0.25) is 32.7 Å². The monoisotopic (exact) mass is 1830 g/mol. The fraction of sp³-hybridized carbons (Fsp3) is 0.0941. The van der Waals surface area contributed by atoms with Gasteiger partial charge in [-0.05, 0) is 155 Å². The first-order valence-electron chi connectivity index (χ1n) is 37.5. The topological polar surface area (TPSA) is 602 Å². The molecule has 1 atom stereocenters. The average Bonchev–Trinajstić information content (AvgIpc) is 1.58. The van der Waals surface area contributed by atoms with Crippen LogP contribution in [0.4, 0.5) is 17.1 Å². The summed E-state index contributed by atoms with van der Waals surface area (Å²) in [5.41, 5.74) is 37.5. The van der Waals surface area contributed by atoms with E-state index in [9.17, 15) is 45.7 Å². The van der Waals surface area contributed by atoms with Crippen molar-refractivity contribution in [1.29, 1.82) is 0 Å². The van der Waals surface area contributed by atoms with Crippen LogP contribution in [0.2, 0.25) is 0 Å². The predicted octanol–water partition coefficient (Wildman–Crippen LogP) is 12.7. The van der Waals surface area contributed by atoms with Gasteiger partial charge in [0.2, 0.25) is 30.5 Å². The van der Waals surface area contributed by atoms with Gasteiger partial charge in [-0.15, -0.1) is 50.5 Å². The normalized spacial score (nSPS) is 10.8. The van der Waals surface area contributed by atoms with Crippen LogP contribution in [0, 0.1) is 0 Å². The van der Waals surface area contributed by atoms with Crippen LogP contribution < -0.4 is 32.6 Å². The number of para-hydroxylation sites is 8. The van der Waals surface area contributed by atoms with Crippen molar-refractivity contribution < 1.29 is 96.2 Å². The van der Waals surface area contributed by atoms with Gasteiger partial charge in [0, 0.05) is 111 Å². The highest BCUT2D eigenvalue weighted by Gasteiger charge is 2.32. The highest BCUT2D eigenvalue weighted by atomic mass is 32.2. The molecule has 0 saturated heterocycles. The van der Waals surface area contributed by atoms with Gasteiger partial charge in [0.05, 0.1) is 94.6 Å². The number of nitrogens with two attached hydrogens (primary N) is 3. The number of amides is 5. The molecule has 4 aromatic heterocycles. The maximum atomic E-state index is 11.8. The minimum Gasteiger partial charge on any atom is -0.755 e. The molecule has 36 nitrogen and oxygen atoms in total. The highest BCUT2D eigenvalue weighted by molar-refractivity contribution is 7.85. The van der Waals surface area contributed by atoms with Crippen molar-refractivity contribution in [3.05, 3.63) is 217 Å². The third kappa shape index (κ3) is 21.5. The summed E-state index contributed by atoms with van der Waals surface area (Å²) in [6.45, 7) is 16.0. The molecule has 10 N–H and O–H groups in total. The Bertz CT molecular complexity index is 7710. The Morgan fingerprint density at radius 1 is 0.315 bits per heavy atom. The molecule has 0 spiro atoms. The van der Waals surface area contributed by atoms with Gasteiger partial charge in [-0.1, -0.05) is 122 Å². The van der Waals surface area contributed by atoms with Crippen molar-refractivity contribution >= 4 is 199 Å². The first kappa shape index (κ1) is 95.5. The smallest absolute Gasteiger partial charge is 0.425 e. The Hall–Kier alpha value is -15.3. The first-order chi connectivity index (χ1) is 60.8. The van der Waals surface area contributed by atoms with Crippen LogP contribution in [0.3, 0.4) is 0 Å². The number of carbonyl (C=O) groups is 5. The number of benzene rings is 12. The highest BCUT2D eigenvalue weighted by Crippen LogP contribution is 2.52. The van der Waals surface area contributed by atoms with E-state index in [0.717, 1.165) is 127 Å². The van der Waals surface area contributed by atoms with Gasteiger partial charge < -0.3 is 37.1 Å². The average molecular weight is 1830 g/mol. The van der Waals surface area contributed by atoms with E-state index in [0.29, 0.717) is 96.7 Å². The second kappa shape index (κ2) is 42.2. The SMILES string of the molecule is CC.CC.CC.CC.NC(=O)c1cc2c3c(cc(NC=O)cc3c1)-c1nc3ccccc3nc1-2.NC(=O)c1cc2c3c(cc(NS(=O)[O-])cc3c1)-c1nc3ccccc3nc1-2.NC(=O)c1cc2c3c(cccc3c1)-c1nc3ccccc3nc1-2.O=CNc1cc2c3c(cc(S(=O)(=O)O)cc3c1)-c1nc3ccccc3nc1-2.O=S(=O)=O.O=S(=O)=O.O=S(=O)=O.O=S(=O)=O. The van der Waals surface area contributed by atoms with E-state index in [1.807, 2.05) is 195 Å². The molecule has 16 aromatic rings. The zero-order valence-corrected chi connectivity index (χ0v) is 72.4. The standard InChI is InChI=1S/C20H12N4O2.C19H12N4O3S.C19H11N3O4S.C19H11N3O.4C2H6.4O3S/c21-20(26)11-5-10-6-12(22-9-25)8-14-17(10)13(7-11)18-19(14)24-16-4-2-1-3-15(16)23-18;20-19(24)10-5-9-6-11(23-27(25)26)8-13-16(9)12(7-10)17-18(13)22-15-4-2-1-3-14(15)21-17;23-9-20-11-5-10-6-12(27(24,25)26)8-14-17(10)13(7-11)18-19(14)22-16-4-2-1-3-15(16)21-18;20-19(23)11-8-10-4-3-5-12-16(10)13(9-11)18-17(12)21-14-6-1-2-7-15(14)22-18;4*1-2;4*1-4(2)3/h1-9H,(H2,21,26)(H,22,25);1-8,23H,(H2,20,24)(H,25,26);1-9H,(H,20,23)(H,24,25,26);1-9H,(H2,20,23);4*1-2H3;;;;/p-1. The molecule has 4 heterocycles. The van der Waals surface area contributed by atoms with E-state index in [4.69, 9.17) is 103 Å². The van der Waals surface area contributed by atoms with Gasteiger partial charge in [0.25, 0.3) is 10.1 Å². The minimum atomic E-state index is -4.41. The first-order valence-corrected chi connectivity index (χ1v) is 44.0. The summed E-state index contributed by atoms with van der Waals surface area (Å²) < 4.78 is 159. The van der Waals surface area contributed by atoms with Crippen LogP contribution in [-0.4, -0.2) is 143 Å². The number of anilines is 3. The minimum absolute atomic E-state index is 0.234. The Kier molecular flexibility index (Phi) is 31.7. The molecule has 4 aliphatic carbocycles. The Morgan fingerprint density at radius 3 is 0.803 bits per heavy atom. The maximum absolute atomic E-state index is 11.8. The summed E-state index contributed by atoms with van der Waals surface area (Å²) in [5.74, 6) is -1.51. The summed E-state index contributed by atoms with van der Waals surface area (Å²) in [6, 6.07) is 60.1. The number of primary amides is 3. The molecular formula is C85H69N14O22S6-. The lowest BCUT2D eigenvalue weighted by molar-refractivity contribution is -0.106. The van der Waals surface area contributed by atoms with Crippen molar-refractivity contribution in [2.75, 3.05) is 15.4 Å². The van der Waals surface area contributed by atoms with Crippen molar-refractivity contribution in [1.82, 2.24) is 39.9 Å². The van der Waals surface area contributed by atoms with Crippen LogP contribution in [0.5, 0.6) is 0 Å². The molecule has 20 rings (SSSR count). The summed E-state index contributed by atoms with van der Waals surface area (Å²) in [7, 11) is -16.9. The van der Waals surface area contributed by atoms with E-state index < -0.39 is 81.5 Å². The van der Waals surface area contributed by atoms with Crippen LogP contribution >= 0.6 is 0 Å². The van der Waals surface area contributed by atoms with Crippen LogP contribution in [0.1, 0.15) is 86.5 Å². The molecule has 1 unspecified atom stereocenters. The number of fused-ring (bicyclic) bond motifs is 16. The molecule has 0 radical (unpaired) electrons. The molecule has 127 heavy (non-hydrogen) atoms. The van der Waals surface area contributed by atoms with Crippen molar-refractivity contribution in [2.45, 2.75) is 60.3 Å². The number of nitrogens with one attached hydrogen (secondary N) is 3. The quantitative estimate of drug-likeness (QED) is 0.0380. The fourth-order valence-corrected chi connectivity index (χ4v) is 14.8. The Labute approximate surface area is 729 Å². The van der Waals surface area contributed by atoms with Gasteiger partial charge in [0.15, 0.2) is 0 Å². The summed E-state index contributed by atoms with van der Waals surface area (Å²) in [5, 5.41) is 12.0. The number of nitrogens with zero attached hydrogens (tertiary/aromatic N) is 8. The zero-order chi connectivity index (χ0) is 93.2. The second-order valence-electron chi connectivity index (χ2n) is 25.2. The van der Waals surface area contributed by atoms with E-state index in [-0.39, 0.29) is 4.90 Å². The van der Waals surface area contributed by atoms with Gasteiger partial charge >= 0.3 is 42.4 Å². The second-order valence-corrected chi connectivity index (χ2v) is 28.9. The molecule has 5 amide bonds. The van der Waals surface area contributed by atoms with Crippen molar-refractivity contribution in [3.8, 4) is 90.1 Å². The van der Waals surface area contributed by atoms with Crippen LogP contribution in [-0.2, 0) is 73.4 Å². The van der Waals surface area contributed by atoms with Gasteiger partial charge in [-0.25, -0.2) is 39.9 Å². The summed E-state index contributed by atoms with van der Waals surface area (Å²) in [4.78, 5) is 94.7. The summed E-state index contributed by atoms with van der Waals surface area (Å²) >= 11 is -2.47. The fourth-order valence-electron chi connectivity index (χ4n) is 14.0. The lowest BCUT2D eigenvalue weighted by atomic mass is 9.99. The number of rotatable bonds is 10. The molecular weight excluding hydrogens is 1760 g/mol. The van der Waals surface area contributed by atoms with E-state index >= 15 is 0 Å². The number of hydrogen-bond acceptors (Lipinski definition) is 29. The van der Waals surface area contributed by atoms with E-state index in [1.165, 1.54) is 12.1 Å². The molecule has 0 aliphatic heterocycles. The van der Waals surface area contributed by atoms with Crippen LogP contribution in [0.15, 0.2) is 205 Å². The number of hydrogen-bond donors (Lipinski definition) is 7. The molecule has 0 bridgehead atoms. The van der Waals surface area contributed by atoms with Crippen molar-refractivity contribution in [2.24, 2.45) is 17.2 Å². The van der Waals surface area contributed by atoms with E-state index in [2.05, 4.69) is 20.3 Å². The molecule has 12 aromatic carbocycles. The lowest BCUT2D eigenvalue weighted by Crippen LogP contribution is -2.10. The van der Waals surface area contributed by atoms with Gasteiger partial charge in [0.1, 0.15) is 0 Å². The Morgan fingerprint density at radius 2 is 0.543 bits per heavy atom. The molecule has 0 fully saturated rings. The predicted molar refractivity (Wildman–Crippen MR) is 477 cm³/mol. The number of carbonyl (C=O) groups excluding carboxylic acids is 5. The lowest BCUT2D eigenvalue weighted by Gasteiger charge is -2.11. The van der Waals surface area contributed by atoms with E-state index in [1.54, 1.807) is 48.5 Å².